The molecule has 1 aromatic rings. The van der Waals surface area contributed by atoms with Crippen LogP contribution >= 0.6 is 0 Å². The Morgan fingerprint density at radius 3 is 1.91 bits per heavy atom. The van der Waals surface area contributed by atoms with Crippen LogP contribution in [0, 0.1) is 0 Å². The number of rotatable bonds is 8. The van der Waals surface area contributed by atoms with Gasteiger partial charge in [0, 0.05) is 0 Å². The molecule has 1 nitrogen and oxygen atoms in total. The number of unbranched alkanes of at least 4 members (excludes halogenated alkanes) is 2. The van der Waals surface area contributed by atoms with Gasteiger partial charge in [0.05, 0.1) is 0 Å². The van der Waals surface area contributed by atoms with Crippen LogP contribution in [-0.2, 0) is 10.3 Å². The molecule has 1 aliphatic heterocycles. The van der Waals surface area contributed by atoms with E-state index in [2.05, 4.69) is 64.5 Å². The molecular weight excluding hydrogens is 375 g/mol. The summed E-state index contributed by atoms with van der Waals surface area (Å²) in [7, 11) is 1.82. The molecule has 0 aromatic heterocycles. The quantitative estimate of drug-likeness (QED) is 0.498. The van der Waals surface area contributed by atoms with Crippen molar-refractivity contribution in [3.63, 3.8) is 0 Å². The molecule has 0 amide bonds. The number of hydrogen-bond acceptors (Lipinski definition) is 1. The molecule has 0 bridgehead atoms. The zero-order valence-electron chi connectivity index (χ0n) is 14.3. The first kappa shape index (κ1) is 17.8. The first-order valence-electron chi connectivity index (χ1n) is 8.72. The van der Waals surface area contributed by atoms with Crippen molar-refractivity contribution in [3.8, 4) is 0 Å². The van der Waals surface area contributed by atoms with Gasteiger partial charge < -0.3 is 0 Å². The summed E-state index contributed by atoms with van der Waals surface area (Å²) in [5.41, 5.74) is 0.885. The first-order valence-corrected chi connectivity index (χ1v) is 16.0. The van der Waals surface area contributed by atoms with Crippen molar-refractivity contribution in [2.45, 2.75) is 54.0 Å². The van der Waals surface area contributed by atoms with Gasteiger partial charge in [-0.25, -0.2) is 0 Å². The minimum atomic E-state index is -2.24. The van der Waals surface area contributed by atoms with E-state index < -0.39 is 18.4 Å². The number of ether oxygens (including phenoxy) is 1. The van der Waals surface area contributed by atoms with Gasteiger partial charge in [-0.15, -0.1) is 0 Å². The maximum atomic E-state index is 5.93. The van der Waals surface area contributed by atoms with Crippen molar-refractivity contribution in [1.29, 1.82) is 0 Å². The van der Waals surface area contributed by atoms with Crippen LogP contribution in [-0.4, -0.2) is 25.5 Å². The molecular formula is C20H30OSn. The molecule has 0 spiro atoms. The average molecular weight is 405 g/mol. The minimum absolute atomic E-state index is 0.347. The summed E-state index contributed by atoms with van der Waals surface area (Å²) in [4.78, 5) is 0. The molecule has 0 atom stereocenters. The van der Waals surface area contributed by atoms with Crippen LogP contribution in [0.4, 0.5) is 0 Å². The van der Waals surface area contributed by atoms with Crippen molar-refractivity contribution >= 4 is 18.4 Å². The molecule has 0 unspecified atom stereocenters. The van der Waals surface area contributed by atoms with E-state index in [4.69, 9.17) is 4.74 Å². The Bertz CT molecular complexity index is 480. The van der Waals surface area contributed by atoms with Gasteiger partial charge >= 0.3 is 140 Å². The molecule has 0 aliphatic carbocycles. The fourth-order valence-corrected chi connectivity index (χ4v) is 15.3. The summed E-state index contributed by atoms with van der Waals surface area (Å²) >= 11 is -2.24. The van der Waals surface area contributed by atoms with Crippen molar-refractivity contribution in [2.24, 2.45) is 0 Å². The summed E-state index contributed by atoms with van der Waals surface area (Å²) in [6.07, 6.45) is 10.1. The maximum absolute atomic E-state index is 5.93. The molecule has 1 aromatic carbocycles. The first-order chi connectivity index (χ1) is 10.7. The van der Waals surface area contributed by atoms with E-state index in [1.54, 1.807) is 0 Å². The van der Waals surface area contributed by atoms with Gasteiger partial charge in [0.2, 0.25) is 0 Å². The summed E-state index contributed by atoms with van der Waals surface area (Å²) in [6, 6.07) is 10.6. The molecule has 0 fully saturated rings. The SMILES string of the molecule is CCC[CH2][Sn]1([CH2]CCC)[CH]=CC(OC)(c2ccccc2)C=[CH]1. The molecule has 1 heterocycles. The van der Waals surface area contributed by atoms with Gasteiger partial charge in [-0.2, -0.15) is 0 Å². The van der Waals surface area contributed by atoms with Crippen molar-refractivity contribution in [3.05, 3.63) is 56.2 Å². The molecule has 0 N–H and O–H groups in total. The van der Waals surface area contributed by atoms with E-state index in [1.165, 1.54) is 40.1 Å². The fourth-order valence-electron chi connectivity index (χ4n) is 3.31. The van der Waals surface area contributed by atoms with Gasteiger partial charge in [-0.1, -0.05) is 0 Å². The Balaban J connectivity index is 2.25. The van der Waals surface area contributed by atoms with Crippen LogP contribution in [0.25, 0.3) is 0 Å². The summed E-state index contributed by atoms with van der Waals surface area (Å²) < 4.78 is 14.1. The van der Waals surface area contributed by atoms with Crippen LogP contribution in [0.2, 0.25) is 8.87 Å². The number of hydrogen-bond donors (Lipinski definition) is 0. The second-order valence-electron chi connectivity index (χ2n) is 6.47. The topological polar surface area (TPSA) is 9.23 Å². The normalized spacial score (nSPS) is 18.5. The molecule has 1 aliphatic rings. The molecule has 120 valence electrons. The number of methoxy groups -OCH3 is 1. The molecule has 0 saturated heterocycles. The zero-order chi connectivity index (χ0) is 15.9. The second-order valence-corrected chi connectivity index (χ2v) is 18.3. The number of benzene rings is 1. The predicted molar refractivity (Wildman–Crippen MR) is 98.6 cm³/mol. The third-order valence-corrected chi connectivity index (χ3v) is 17.0. The average Bonchev–Trinajstić information content (AvgIpc) is 2.60. The monoisotopic (exact) mass is 406 g/mol. The molecule has 0 saturated carbocycles. The Kier molecular flexibility index (Phi) is 6.76. The summed E-state index contributed by atoms with van der Waals surface area (Å²) in [5.74, 6) is 0. The molecule has 0 radical (unpaired) electrons. The Hall–Kier alpha value is -0.541. The van der Waals surface area contributed by atoms with Gasteiger partial charge in [0.15, 0.2) is 0 Å². The van der Waals surface area contributed by atoms with Crippen molar-refractivity contribution in [1.82, 2.24) is 0 Å². The molecule has 2 rings (SSSR count). The van der Waals surface area contributed by atoms with Crippen LogP contribution in [0.1, 0.15) is 45.1 Å². The molecule has 22 heavy (non-hydrogen) atoms. The van der Waals surface area contributed by atoms with Gasteiger partial charge in [0.1, 0.15) is 0 Å². The third-order valence-electron chi connectivity index (χ3n) is 4.88. The summed E-state index contributed by atoms with van der Waals surface area (Å²) in [5, 5.41) is 0. The second kappa shape index (κ2) is 8.35. The Labute approximate surface area is 140 Å². The van der Waals surface area contributed by atoms with Crippen LogP contribution < -0.4 is 0 Å². The van der Waals surface area contributed by atoms with E-state index in [0.29, 0.717) is 0 Å². The van der Waals surface area contributed by atoms with Crippen molar-refractivity contribution < 1.29 is 4.74 Å². The Morgan fingerprint density at radius 1 is 0.909 bits per heavy atom. The third kappa shape index (κ3) is 4.05. The van der Waals surface area contributed by atoms with Crippen LogP contribution in [0.3, 0.4) is 0 Å². The van der Waals surface area contributed by atoms with E-state index in [0.717, 1.165) is 0 Å². The van der Waals surface area contributed by atoms with Crippen LogP contribution in [0.5, 0.6) is 0 Å². The van der Waals surface area contributed by atoms with E-state index >= 15 is 0 Å². The van der Waals surface area contributed by atoms with E-state index in [-0.39, 0.29) is 5.60 Å². The van der Waals surface area contributed by atoms with E-state index in [9.17, 15) is 0 Å². The standard InChI is InChI=1S/C12H12O.2C4H9.Sn/c1-4-12(5-2,13-3)11-9-7-6-8-10-11;2*1-3-4-2;/h1-2,4-10H,3H3;2*1,3-4H2,2H3;. The predicted octanol–water partition coefficient (Wildman–Crippen LogP) is 5.78. The Morgan fingerprint density at radius 2 is 1.45 bits per heavy atom. The van der Waals surface area contributed by atoms with Gasteiger partial charge in [0.25, 0.3) is 0 Å². The van der Waals surface area contributed by atoms with Gasteiger partial charge in [-0.05, 0) is 0 Å². The van der Waals surface area contributed by atoms with Crippen molar-refractivity contribution in [2.75, 3.05) is 7.11 Å². The van der Waals surface area contributed by atoms with Crippen LogP contribution in [0.15, 0.2) is 50.7 Å². The van der Waals surface area contributed by atoms with Gasteiger partial charge in [-0.3, -0.25) is 0 Å². The zero-order valence-corrected chi connectivity index (χ0v) is 17.2. The van der Waals surface area contributed by atoms with E-state index in [1.807, 2.05) is 7.11 Å². The molecule has 2 heteroatoms. The summed E-state index contributed by atoms with van der Waals surface area (Å²) in [6.45, 7) is 4.61. The fraction of sp³-hybridized carbons (Fsp3) is 0.500.